The average molecular weight is 531 g/mol. The summed E-state index contributed by atoms with van der Waals surface area (Å²) in [5, 5.41) is 3.42. The number of likely N-dealkylation sites (N-methyl/N-ethyl adjacent to an activating group) is 1. The lowest BCUT2D eigenvalue weighted by atomic mass is 9.89. The van der Waals surface area contributed by atoms with Crippen molar-refractivity contribution in [2.24, 2.45) is 0 Å². The predicted octanol–water partition coefficient (Wildman–Crippen LogP) is 5.67. The highest BCUT2D eigenvalue weighted by Gasteiger charge is 2.25. The minimum Gasteiger partial charge on any atom is -0.369 e. The zero-order valence-corrected chi connectivity index (χ0v) is 22.9. The van der Waals surface area contributed by atoms with Gasteiger partial charge in [0.05, 0.1) is 10.6 Å². The summed E-state index contributed by atoms with van der Waals surface area (Å²) in [6.45, 7) is 7.54. The van der Waals surface area contributed by atoms with Gasteiger partial charge in [-0.1, -0.05) is 35.9 Å². The minimum absolute atomic E-state index is 0.112. The molecule has 0 bridgehead atoms. The number of benzene rings is 3. The fourth-order valence-electron chi connectivity index (χ4n) is 5.34. The molecule has 198 valence electrons. The summed E-state index contributed by atoms with van der Waals surface area (Å²) >= 11 is 6.31. The van der Waals surface area contributed by atoms with Crippen molar-refractivity contribution in [3.05, 3.63) is 94.0 Å². The maximum absolute atomic E-state index is 13.1. The van der Waals surface area contributed by atoms with E-state index < -0.39 is 0 Å². The average Bonchev–Trinajstić information content (AvgIpc) is 2.95. The Bertz CT molecular complexity index is 1280. The molecule has 0 aliphatic carbocycles. The number of carbonyl (C=O) groups is 2. The Kier molecular flexibility index (Phi) is 8.01. The molecule has 0 saturated carbocycles. The van der Waals surface area contributed by atoms with Gasteiger partial charge in [0.25, 0.3) is 11.8 Å². The quantitative estimate of drug-likeness (QED) is 0.461. The molecule has 2 amide bonds. The highest BCUT2D eigenvalue weighted by atomic mass is 35.5. The maximum Gasteiger partial charge on any atom is 0.257 e. The second-order valence-corrected chi connectivity index (χ2v) is 10.8. The van der Waals surface area contributed by atoms with Crippen LogP contribution >= 0.6 is 11.6 Å². The molecule has 0 aromatic heterocycles. The lowest BCUT2D eigenvalue weighted by molar-refractivity contribution is 0.0713. The van der Waals surface area contributed by atoms with Gasteiger partial charge in [-0.05, 0) is 86.3 Å². The van der Waals surface area contributed by atoms with E-state index in [1.54, 1.807) is 6.07 Å². The number of hydrogen-bond acceptors (Lipinski definition) is 4. The molecule has 3 aromatic carbocycles. The van der Waals surface area contributed by atoms with Crippen LogP contribution in [-0.2, 0) is 0 Å². The summed E-state index contributed by atoms with van der Waals surface area (Å²) in [5.41, 5.74) is 5.28. The summed E-state index contributed by atoms with van der Waals surface area (Å²) < 4.78 is 0. The number of anilines is 2. The lowest BCUT2D eigenvalue weighted by Gasteiger charge is -2.34. The van der Waals surface area contributed by atoms with E-state index in [1.165, 1.54) is 11.3 Å². The van der Waals surface area contributed by atoms with Gasteiger partial charge in [-0.15, -0.1) is 0 Å². The monoisotopic (exact) mass is 530 g/mol. The number of halogens is 1. The number of carbonyl (C=O) groups excluding carboxylic acids is 2. The molecule has 2 saturated heterocycles. The second kappa shape index (κ2) is 11.6. The first-order valence-electron chi connectivity index (χ1n) is 13.4. The van der Waals surface area contributed by atoms with E-state index in [4.69, 9.17) is 11.6 Å². The largest absolute Gasteiger partial charge is 0.369 e. The molecule has 3 aromatic rings. The van der Waals surface area contributed by atoms with Crippen molar-refractivity contribution in [3.63, 3.8) is 0 Å². The van der Waals surface area contributed by atoms with Gasteiger partial charge in [0.1, 0.15) is 0 Å². The number of piperazine rings is 1. The minimum atomic E-state index is -0.213. The van der Waals surface area contributed by atoms with Gasteiger partial charge >= 0.3 is 0 Å². The number of nitrogens with zero attached hydrogens (tertiary/aromatic N) is 3. The topological polar surface area (TPSA) is 55.9 Å². The Morgan fingerprint density at radius 1 is 0.842 bits per heavy atom. The molecule has 0 unspecified atom stereocenters. The van der Waals surface area contributed by atoms with Crippen LogP contribution in [0.4, 0.5) is 11.4 Å². The van der Waals surface area contributed by atoms with E-state index in [2.05, 4.69) is 46.4 Å². The first-order valence-corrected chi connectivity index (χ1v) is 13.8. The third kappa shape index (κ3) is 5.87. The number of hydrogen-bond donors (Lipinski definition) is 1. The Morgan fingerprint density at radius 2 is 1.50 bits per heavy atom. The van der Waals surface area contributed by atoms with Crippen molar-refractivity contribution < 1.29 is 9.59 Å². The first kappa shape index (κ1) is 26.3. The number of aryl methyl sites for hydroxylation is 1. The zero-order chi connectivity index (χ0) is 26.6. The van der Waals surface area contributed by atoms with Crippen LogP contribution in [0.15, 0.2) is 66.7 Å². The highest BCUT2D eigenvalue weighted by molar-refractivity contribution is 6.35. The SMILES string of the molecule is Cc1cccc(C(=O)Nc2ccc(C3CCN(C(=O)c4ccc(N5CCN(C)CC5)cc4)CC3)cc2)c1Cl. The Morgan fingerprint density at radius 3 is 2.16 bits per heavy atom. The Balaban J connectivity index is 1.13. The Hall–Kier alpha value is -3.35. The van der Waals surface area contributed by atoms with Crippen molar-refractivity contribution >= 4 is 34.8 Å². The number of nitrogens with one attached hydrogen (secondary N) is 1. The standard InChI is InChI=1S/C31H35ClN4O2/c1-22-4-3-5-28(29(22)32)30(37)33-26-10-6-23(7-11-26)24-14-16-36(17-15-24)31(38)25-8-12-27(13-9-25)35-20-18-34(2)19-21-35/h3-13,24H,14-21H2,1-2H3,(H,33,37). The van der Waals surface area contributed by atoms with Crippen LogP contribution in [0.25, 0.3) is 0 Å². The van der Waals surface area contributed by atoms with Crippen molar-refractivity contribution in [2.45, 2.75) is 25.7 Å². The molecule has 5 rings (SSSR count). The molecule has 1 N–H and O–H groups in total. The molecule has 2 fully saturated rings. The zero-order valence-electron chi connectivity index (χ0n) is 22.1. The van der Waals surface area contributed by atoms with Crippen LogP contribution in [0.5, 0.6) is 0 Å². The van der Waals surface area contributed by atoms with Crippen molar-refractivity contribution in [2.75, 3.05) is 56.5 Å². The van der Waals surface area contributed by atoms with Gasteiger partial charge in [0, 0.05) is 56.2 Å². The molecule has 2 aliphatic rings. The molecular formula is C31H35ClN4O2. The van der Waals surface area contributed by atoms with E-state index in [-0.39, 0.29) is 11.8 Å². The maximum atomic E-state index is 13.1. The molecule has 2 heterocycles. The van der Waals surface area contributed by atoms with Gasteiger partial charge in [0.15, 0.2) is 0 Å². The molecule has 6 nitrogen and oxygen atoms in total. The van der Waals surface area contributed by atoms with Crippen LogP contribution in [0, 0.1) is 6.92 Å². The summed E-state index contributed by atoms with van der Waals surface area (Å²) in [6.07, 6.45) is 1.85. The number of likely N-dealkylation sites (tertiary alicyclic amines) is 1. The van der Waals surface area contributed by atoms with Crippen LogP contribution < -0.4 is 10.2 Å². The van der Waals surface area contributed by atoms with Crippen LogP contribution in [0.3, 0.4) is 0 Å². The molecular weight excluding hydrogens is 496 g/mol. The van der Waals surface area contributed by atoms with E-state index in [0.717, 1.165) is 68.9 Å². The van der Waals surface area contributed by atoms with Gasteiger partial charge < -0.3 is 20.0 Å². The second-order valence-electron chi connectivity index (χ2n) is 10.4. The summed E-state index contributed by atoms with van der Waals surface area (Å²) in [5.74, 6) is 0.297. The first-order chi connectivity index (χ1) is 18.4. The number of rotatable bonds is 5. The van der Waals surface area contributed by atoms with Gasteiger partial charge in [-0.2, -0.15) is 0 Å². The van der Waals surface area contributed by atoms with Crippen molar-refractivity contribution in [1.82, 2.24) is 9.80 Å². The summed E-state index contributed by atoms with van der Waals surface area (Å²) in [4.78, 5) is 32.5. The number of amides is 2. The normalized spacial score (nSPS) is 16.9. The predicted molar refractivity (Wildman–Crippen MR) is 155 cm³/mol. The third-order valence-corrected chi connectivity index (χ3v) is 8.34. The van der Waals surface area contributed by atoms with Crippen LogP contribution in [0.2, 0.25) is 5.02 Å². The van der Waals surface area contributed by atoms with E-state index in [1.807, 2.05) is 48.2 Å². The van der Waals surface area contributed by atoms with E-state index in [0.29, 0.717) is 16.5 Å². The highest BCUT2D eigenvalue weighted by Crippen LogP contribution is 2.30. The fraction of sp³-hybridized carbons (Fsp3) is 0.355. The van der Waals surface area contributed by atoms with Crippen LogP contribution in [-0.4, -0.2) is 67.9 Å². The number of piperidine rings is 1. The smallest absolute Gasteiger partial charge is 0.257 e. The molecule has 0 atom stereocenters. The van der Waals surface area contributed by atoms with E-state index >= 15 is 0 Å². The van der Waals surface area contributed by atoms with Crippen molar-refractivity contribution in [1.29, 1.82) is 0 Å². The summed E-state index contributed by atoms with van der Waals surface area (Å²) in [7, 11) is 2.15. The fourth-order valence-corrected chi connectivity index (χ4v) is 5.55. The molecule has 38 heavy (non-hydrogen) atoms. The molecule has 7 heteroatoms. The Labute approximate surface area is 230 Å². The molecule has 0 spiro atoms. The molecule has 2 aliphatic heterocycles. The summed E-state index contributed by atoms with van der Waals surface area (Å²) in [6, 6.07) is 21.6. The van der Waals surface area contributed by atoms with Gasteiger partial charge in [0.2, 0.25) is 0 Å². The molecule has 0 radical (unpaired) electrons. The van der Waals surface area contributed by atoms with Gasteiger partial charge in [-0.25, -0.2) is 0 Å². The van der Waals surface area contributed by atoms with Crippen molar-refractivity contribution in [3.8, 4) is 0 Å². The third-order valence-electron chi connectivity index (χ3n) is 7.84. The van der Waals surface area contributed by atoms with Crippen LogP contribution in [0.1, 0.15) is 50.6 Å². The van der Waals surface area contributed by atoms with E-state index in [9.17, 15) is 9.59 Å². The van der Waals surface area contributed by atoms with Gasteiger partial charge in [-0.3, -0.25) is 9.59 Å². The lowest BCUT2D eigenvalue weighted by Crippen LogP contribution is -2.44.